The summed E-state index contributed by atoms with van der Waals surface area (Å²) in [5.41, 5.74) is 3.01. The van der Waals surface area contributed by atoms with Gasteiger partial charge in [0.1, 0.15) is 11.7 Å². The number of H-pyrrole nitrogens is 1. The molecule has 1 aliphatic carbocycles. The Bertz CT molecular complexity index is 1010. The lowest BCUT2D eigenvalue weighted by Crippen LogP contribution is -2.48. The van der Waals surface area contributed by atoms with Gasteiger partial charge in [0.2, 0.25) is 5.91 Å². The molecule has 0 spiro atoms. The van der Waals surface area contributed by atoms with Crippen molar-refractivity contribution in [1.82, 2.24) is 15.6 Å². The first kappa shape index (κ1) is 24.7. The number of aliphatic hydroxyl groups is 1. The van der Waals surface area contributed by atoms with Crippen molar-refractivity contribution in [1.29, 1.82) is 0 Å². The van der Waals surface area contributed by atoms with Gasteiger partial charge < -0.3 is 20.7 Å². The number of hydrogen-bond donors (Lipinski definition) is 4. The van der Waals surface area contributed by atoms with Gasteiger partial charge >= 0.3 is 0 Å². The summed E-state index contributed by atoms with van der Waals surface area (Å²) < 4.78 is 0. The number of hydrogen-bond acceptors (Lipinski definition) is 4. The molecule has 1 aromatic heterocycles. The maximum atomic E-state index is 13.2. The lowest BCUT2D eigenvalue weighted by atomic mass is 9.75. The molecule has 1 heterocycles. The smallest absolute Gasteiger partial charge is 0.268 e. The van der Waals surface area contributed by atoms with Gasteiger partial charge in [-0.3, -0.25) is 14.4 Å². The third-order valence-corrected chi connectivity index (χ3v) is 6.30. The quantitative estimate of drug-likeness (QED) is 0.465. The van der Waals surface area contributed by atoms with Gasteiger partial charge in [-0.15, -0.1) is 0 Å². The third-order valence-electron chi connectivity index (χ3n) is 6.30. The van der Waals surface area contributed by atoms with Crippen LogP contribution in [0.5, 0.6) is 0 Å². The molecule has 0 radical (unpaired) electrons. The molecule has 2 aromatic rings. The van der Waals surface area contributed by atoms with Crippen LogP contribution in [0.2, 0.25) is 0 Å². The Morgan fingerprint density at radius 1 is 1.15 bits per heavy atom. The number of aromatic amines is 1. The van der Waals surface area contributed by atoms with E-state index in [-0.39, 0.29) is 23.7 Å². The number of rotatable bonds is 9. The van der Waals surface area contributed by atoms with E-state index in [4.69, 9.17) is 0 Å². The van der Waals surface area contributed by atoms with Gasteiger partial charge in [0, 0.05) is 17.7 Å². The number of unbranched alkanes of at least 4 members (excludes halogenated alkanes) is 1. The predicted octanol–water partition coefficient (Wildman–Crippen LogP) is 3.62. The summed E-state index contributed by atoms with van der Waals surface area (Å²) in [4.78, 5) is 42.1. The van der Waals surface area contributed by atoms with Crippen LogP contribution in [0.3, 0.4) is 0 Å². The molecule has 2 atom stereocenters. The molecule has 7 heteroatoms. The summed E-state index contributed by atoms with van der Waals surface area (Å²) in [6.07, 6.45) is 3.26. The molecular formula is C26H35N3O4. The van der Waals surface area contributed by atoms with Crippen LogP contribution in [-0.4, -0.2) is 40.3 Å². The van der Waals surface area contributed by atoms with Crippen LogP contribution in [0, 0.1) is 12.3 Å². The van der Waals surface area contributed by atoms with Crippen molar-refractivity contribution in [2.75, 3.05) is 6.61 Å². The molecular weight excluding hydrogens is 418 g/mol. The van der Waals surface area contributed by atoms with Crippen molar-refractivity contribution < 1.29 is 19.5 Å². The number of fused-ring (bicyclic) bond motifs is 1. The van der Waals surface area contributed by atoms with Gasteiger partial charge in [0.15, 0.2) is 5.78 Å². The number of carbonyl (C=O) groups excluding carboxylic acids is 3. The van der Waals surface area contributed by atoms with Gasteiger partial charge in [-0.05, 0) is 36.3 Å². The van der Waals surface area contributed by atoms with Crippen molar-refractivity contribution in [3.05, 3.63) is 58.4 Å². The largest absolute Gasteiger partial charge is 0.394 e. The molecule has 1 aromatic carbocycles. The van der Waals surface area contributed by atoms with E-state index < -0.39 is 18.0 Å². The summed E-state index contributed by atoms with van der Waals surface area (Å²) in [6.45, 7) is 7.63. The number of nitrogens with one attached hydrogen (secondary N) is 3. The average molecular weight is 454 g/mol. The van der Waals surface area contributed by atoms with Gasteiger partial charge in [0.25, 0.3) is 5.91 Å². The molecule has 4 N–H and O–H groups in total. The molecule has 0 saturated heterocycles. The summed E-state index contributed by atoms with van der Waals surface area (Å²) in [5.74, 6) is -0.696. The fourth-order valence-electron chi connectivity index (χ4n) is 4.56. The van der Waals surface area contributed by atoms with Crippen molar-refractivity contribution in [3.8, 4) is 0 Å². The molecule has 3 rings (SSSR count). The zero-order valence-electron chi connectivity index (χ0n) is 20.0. The Kier molecular flexibility index (Phi) is 7.74. The summed E-state index contributed by atoms with van der Waals surface area (Å²) in [5, 5.41) is 15.5. The maximum Gasteiger partial charge on any atom is 0.268 e. The second kappa shape index (κ2) is 10.3. The van der Waals surface area contributed by atoms with Crippen molar-refractivity contribution in [3.63, 3.8) is 0 Å². The lowest BCUT2D eigenvalue weighted by molar-refractivity contribution is -0.124. The highest BCUT2D eigenvalue weighted by Gasteiger charge is 2.35. The summed E-state index contributed by atoms with van der Waals surface area (Å²) in [6, 6.07) is 7.94. The minimum absolute atomic E-state index is 0.0444. The molecule has 0 fully saturated rings. The Morgan fingerprint density at radius 2 is 1.85 bits per heavy atom. The highest BCUT2D eigenvalue weighted by molar-refractivity contribution is 6.05. The minimum atomic E-state index is -0.748. The van der Waals surface area contributed by atoms with E-state index >= 15 is 0 Å². The Balaban J connectivity index is 1.78. The van der Waals surface area contributed by atoms with Crippen LogP contribution in [0.15, 0.2) is 30.3 Å². The van der Waals surface area contributed by atoms with E-state index in [9.17, 15) is 19.5 Å². The van der Waals surface area contributed by atoms with Crippen LogP contribution in [-0.2, 0) is 11.2 Å². The van der Waals surface area contributed by atoms with E-state index in [0.717, 1.165) is 24.1 Å². The molecule has 33 heavy (non-hydrogen) atoms. The van der Waals surface area contributed by atoms with Crippen LogP contribution in [0.25, 0.3) is 0 Å². The number of aliphatic hydroxyl groups excluding tert-OH is 1. The number of aromatic nitrogens is 1. The van der Waals surface area contributed by atoms with E-state index in [1.165, 1.54) is 0 Å². The zero-order valence-corrected chi connectivity index (χ0v) is 20.0. The molecule has 1 aliphatic rings. The van der Waals surface area contributed by atoms with E-state index in [0.29, 0.717) is 36.1 Å². The van der Waals surface area contributed by atoms with Gasteiger partial charge in [-0.2, -0.15) is 0 Å². The summed E-state index contributed by atoms with van der Waals surface area (Å²) in [7, 11) is 0. The van der Waals surface area contributed by atoms with Crippen molar-refractivity contribution >= 4 is 17.6 Å². The predicted molar refractivity (Wildman–Crippen MR) is 127 cm³/mol. The normalized spacial score (nSPS) is 16.6. The fourth-order valence-corrected chi connectivity index (χ4v) is 4.56. The Hall–Kier alpha value is -2.93. The minimum Gasteiger partial charge on any atom is -0.394 e. The topological polar surface area (TPSA) is 111 Å². The standard InChI is InChI=1S/C26H35N3O4/c1-5-6-12-18(24(32)29-20(15-30)17-10-8-7-9-11-17)28-25(33)23-16(2)22-19(27-23)13-26(3,4)14-21(22)31/h7-11,18,20,27,30H,5-6,12-15H2,1-4H3,(H,28,33)(H,29,32)/t18?,20-/m1/s1. The number of carbonyl (C=O) groups is 3. The van der Waals surface area contributed by atoms with Crippen LogP contribution >= 0.6 is 0 Å². The van der Waals surface area contributed by atoms with Crippen LogP contribution < -0.4 is 10.6 Å². The molecule has 0 aliphatic heterocycles. The SMILES string of the molecule is CCCCC(NC(=O)c1[nH]c2c(c1C)C(=O)CC(C)(C)C2)C(=O)N[C@H](CO)c1ccccc1. The molecule has 7 nitrogen and oxygen atoms in total. The second-order valence-corrected chi connectivity index (χ2v) is 9.74. The monoisotopic (exact) mass is 453 g/mol. The molecule has 0 bridgehead atoms. The highest BCUT2D eigenvalue weighted by Crippen LogP contribution is 2.36. The lowest BCUT2D eigenvalue weighted by Gasteiger charge is -2.28. The van der Waals surface area contributed by atoms with Crippen LogP contribution in [0.4, 0.5) is 0 Å². The molecule has 178 valence electrons. The molecule has 0 saturated carbocycles. The van der Waals surface area contributed by atoms with Crippen LogP contribution in [0.1, 0.15) is 90.2 Å². The molecule has 2 amide bonds. The third kappa shape index (κ3) is 5.71. The average Bonchev–Trinajstić information content (AvgIpc) is 3.10. The Labute approximate surface area is 195 Å². The second-order valence-electron chi connectivity index (χ2n) is 9.74. The first-order valence-corrected chi connectivity index (χ1v) is 11.7. The van der Waals surface area contributed by atoms with Gasteiger partial charge in [0.05, 0.1) is 12.6 Å². The number of Topliss-reactive ketones (excluding diaryl/α,β-unsaturated/α-hetero) is 1. The summed E-state index contributed by atoms with van der Waals surface area (Å²) >= 11 is 0. The number of amides is 2. The van der Waals surface area contributed by atoms with Gasteiger partial charge in [-0.1, -0.05) is 63.9 Å². The van der Waals surface area contributed by atoms with Gasteiger partial charge in [-0.25, -0.2) is 0 Å². The van der Waals surface area contributed by atoms with E-state index in [2.05, 4.69) is 15.6 Å². The number of benzene rings is 1. The van der Waals surface area contributed by atoms with Crippen molar-refractivity contribution in [2.24, 2.45) is 5.41 Å². The van der Waals surface area contributed by atoms with Crippen molar-refractivity contribution in [2.45, 2.75) is 71.9 Å². The first-order chi connectivity index (χ1) is 15.7. The van der Waals surface area contributed by atoms with E-state index in [1.807, 2.05) is 51.1 Å². The maximum absolute atomic E-state index is 13.2. The van der Waals surface area contributed by atoms with E-state index in [1.54, 1.807) is 6.92 Å². The molecule has 1 unspecified atom stereocenters. The Morgan fingerprint density at radius 3 is 2.48 bits per heavy atom. The first-order valence-electron chi connectivity index (χ1n) is 11.7. The zero-order chi connectivity index (χ0) is 24.2. The number of ketones is 1. The highest BCUT2D eigenvalue weighted by atomic mass is 16.3. The fraction of sp³-hybridized carbons (Fsp3) is 0.500.